The number of benzene rings is 1. The third-order valence-corrected chi connectivity index (χ3v) is 5.04. The summed E-state index contributed by atoms with van der Waals surface area (Å²) in [4.78, 5) is 22.0. The van der Waals surface area contributed by atoms with Crippen LogP contribution < -0.4 is 5.32 Å². The van der Waals surface area contributed by atoms with Crippen molar-refractivity contribution in [2.75, 3.05) is 5.32 Å². The van der Waals surface area contributed by atoms with Gasteiger partial charge in [0.15, 0.2) is 0 Å². The Labute approximate surface area is 149 Å². The number of halogens is 1. The normalized spacial score (nSPS) is 10.6. The lowest BCUT2D eigenvalue weighted by atomic mass is 10.2. The maximum absolute atomic E-state index is 12.4. The molecule has 3 rings (SSSR count). The Kier molecular flexibility index (Phi) is 4.92. The molecule has 0 saturated carbocycles. The van der Waals surface area contributed by atoms with Gasteiger partial charge in [-0.2, -0.15) is 0 Å². The minimum Gasteiger partial charge on any atom is -0.325 e. The number of thiazole rings is 1. The third kappa shape index (κ3) is 3.80. The van der Waals surface area contributed by atoms with Crippen molar-refractivity contribution in [3.8, 4) is 10.6 Å². The topological polar surface area (TPSA) is 54.9 Å². The number of nitrogens with one attached hydrogen (secondary N) is 1. The Hall–Kier alpha value is -2.24. The van der Waals surface area contributed by atoms with Crippen LogP contribution in [0.5, 0.6) is 0 Å². The van der Waals surface area contributed by atoms with Crippen LogP contribution >= 0.6 is 22.9 Å². The van der Waals surface area contributed by atoms with Crippen molar-refractivity contribution in [2.45, 2.75) is 20.3 Å². The first-order chi connectivity index (χ1) is 11.5. The number of pyridine rings is 1. The van der Waals surface area contributed by atoms with Crippen molar-refractivity contribution in [2.24, 2.45) is 0 Å². The van der Waals surface area contributed by atoms with Crippen molar-refractivity contribution < 1.29 is 4.79 Å². The second kappa shape index (κ2) is 7.11. The van der Waals surface area contributed by atoms with Crippen molar-refractivity contribution in [1.29, 1.82) is 0 Å². The smallest absolute Gasteiger partial charge is 0.229 e. The first-order valence-electron chi connectivity index (χ1n) is 7.45. The number of rotatable bonds is 4. The molecule has 0 radical (unpaired) electrons. The van der Waals surface area contributed by atoms with Crippen LogP contribution in [-0.2, 0) is 11.2 Å². The van der Waals surface area contributed by atoms with Gasteiger partial charge in [0.1, 0.15) is 5.01 Å². The fraction of sp³-hybridized carbons (Fsp3) is 0.167. The Balaban J connectivity index is 1.75. The molecule has 1 N–H and O–H groups in total. The van der Waals surface area contributed by atoms with Crippen LogP contribution in [0.2, 0.25) is 5.02 Å². The summed E-state index contributed by atoms with van der Waals surface area (Å²) in [6, 6.07) is 9.29. The fourth-order valence-corrected chi connectivity index (χ4v) is 3.50. The van der Waals surface area contributed by atoms with Crippen molar-refractivity contribution in [3.05, 3.63) is 63.9 Å². The van der Waals surface area contributed by atoms with Gasteiger partial charge in [0, 0.05) is 33.5 Å². The summed E-state index contributed by atoms with van der Waals surface area (Å²) in [6.45, 7) is 3.86. The zero-order chi connectivity index (χ0) is 17.1. The molecule has 0 aliphatic rings. The number of carbonyl (C=O) groups excluding carboxylic acids is 1. The predicted octanol–water partition coefficient (Wildman–Crippen LogP) is 4.66. The Morgan fingerprint density at radius 2 is 2.12 bits per heavy atom. The highest BCUT2D eigenvalue weighted by molar-refractivity contribution is 7.15. The summed E-state index contributed by atoms with van der Waals surface area (Å²) in [6.07, 6.45) is 3.79. The lowest BCUT2D eigenvalue weighted by Gasteiger charge is -2.08. The molecule has 0 aliphatic heterocycles. The number of aryl methyl sites for hydroxylation is 2. The lowest BCUT2D eigenvalue weighted by molar-refractivity contribution is -0.115. The Morgan fingerprint density at radius 3 is 2.88 bits per heavy atom. The molecular weight excluding hydrogens is 342 g/mol. The molecule has 1 aromatic carbocycles. The van der Waals surface area contributed by atoms with Gasteiger partial charge in [0.2, 0.25) is 5.91 Å². The fourth-order valence-electron chi connectivity index (χ4n) is 2.27. The predicted molar refractivity (Wildman–Crippen MR) is 98.6 cm³/mol. The molecule has 4 nitrogen and oxygen atoms in total. The molecule has 0 saturated heterocycles. The summed E-state index contributed by atoms with van der Waals surface area (Å²) in [5, 5.41) is 4.40. The molecule has 1 amide bonds. The molecule has 122 valence electrons. The highest BCUT2D eigenvalue weighted by Gasteiger charge is 2.14. The molecule has 0 unspecified atom stereocenters. The van der Waals surface area contributed by atoms with E-state index in [4.69, 9.17) is 11.6 Å². The lowest BCUT2D eigenvalue weighted by Crippen LogP contribution is -2.15. The molecule has 3 aromatic rings. The van der Waals surface area contributed by atoms with E-state index in [-0.39, 0.29) is 12.3 Å². The average molecular weight is 358 g/mol. The molecule has 2 aromatic heterocycles. The summed E-state index contributed by atoms with van der Waals surface area (Å²) in [5.41, 5.74) is 3.55. The molecule has 0 atom stereocenters. The molecule has 24 heavy (non-hydrogen) atoms. The van der Waals surface area contributed by atoms with Gasteiger partial charge in [0.05, 0.1) is 12.1 Å². The number of anilines is 1. The van der Waals surface area contributed by atoms with E-state index in [1.54, 1.807) is 24.5 Å². The molecule has 0 fully saturated rings. The van der Waals surface area contributed by atoms with Crippen LogP contribution in [0.1, 0.15) is 16.1 Å². The maximum atomic E-state index is 12.4. The van der Waals surface area contributed by atoms with Gasteiger partial charge < -0.3 is 5.32 Å². The second-order valence-electron chi connectivity index (χ2n) is 5.45. The second-order valence-corrected chi connectivity index (χ2v) is 6.97. The molecule has 2 heterocycles. The van der Waals surface area contributed by atoms with Gasteiger partial charge in [-0.25, -0.2) is 4.98 Å². The Morgan fingerprint density at radius 1 is 1.29 bits per heavy atom. The average Bonchev–Trinajstić information content (AvgIpc) is 2.92. The monoisotopic (exact) mass is 357 g/mol. The standard InChI is InChI=1S/C18H16ClN3OS/c1-11-5-6-14(19)8-15(11)22-17(23)9-16-12(2)21-18(24-16)13-4-3-7-20-10-13/h3-8,10H,9H2,1-2H3,(H,22,23). The number of nitrogens with zero attached hydrogens (tertiary/aromatic N) is 2. The number of aromatic nitrogens is 2. The minimum atomic E-state index is -0.0788. The minimum absolute atomic E-state index is 0.0788. The first kappa shape index (κ1) is 16.6. The van der Waals surface area contributed by atoms with E-state index in [0.717, 1.165) is 32.4 Å². The quantitative estimate of drug-likeness (QED) is 0.739. The maximum Gasteiger partial charge on any atom is 0.229 e. The molecule has 6 heteroatoms. The van der Waals surface area contributed by atoms with Crippen LogP contribution in [0.4, 0.5) is 5.69 Å². The highest BCUT2D eigenvalue weighted by Crippen LogP contribution is 2.28. The van der Waals surface area contributed by atoms with Crippen LogP contribution in [0, 0.1) is 13.8 Å². The van der Waals surface area contributed by atoms with Crippen LogP contribution in [0.15, 0.2) is 42.7 Å². The third-order valence-electron chi connectivity index (χ3n) is 3.60. The Bertz CT molecular complexity index is 877. The molecular formula is C18H16ClN3OS. The van der Waals surface area contributed by atoms with E-state index in [1.807, 2.05) is 32.0 Å². The van der Waals surface area contributed by atoms with Crippen molar-refractivity contribution >= 4 is 34.5 Å². The van der Waals surface area contributed by atoms with Gasteiger partial charge in [0.25, 0.3) is 0 Å². The largest absolute Gasteiger partial charge is 0.325 e. The number of amides is 1. The molecule has 0 aliphatic carbocycles. The van der Waals surface area contributed by atoms with Crippen LogP contribution in [-0.4, -0.2) is 15.9 Å². The zero-order valence-electron chi connectivity index (χ0n) is 13.3. The van der Waals surface area contributed by atoms with Gasteiger partial charge in [-0.15, -0.1) is 11.3 Å². The van der Waals surface area contributed by atoms with E-state index >= 15 is 0 Å². The highest BCUT2D eigenvalue weighted by atomic mass is 35.5. The zero-order valence-corrected chi connectivity index (χ0v) is 14.9. The van der Waals surface area contributed by atoms with Crippen LogP contribution in [0.25, 0.3) is 10.6 Å². The van der Waals surface area contributed by atoms with E-state index in [0.29, 0.717) is 5.02 Å². The van der Waals surface area contributed by atoms with Crippen LogP contribution in [0.3, 0.4) is 0 Å². The van der Waals surface area contributed by atoms with Crippen molar-refractivity contribution in [3.63, 3.8) is 0 Å². The van der Waals surface area contributed by atoms with Gasteiger partial charge in [-0.3, -0.25) is 9.78 Å². The molecule has 0 spiro atoms. The van der Waals surface area contributed by atoms with E-state index in [1.165, 1.54) is 11.3 Å². The summed E-state index contributed by atoms with van der Waals surface area (Å²) in [5.74, 6) is -0.0788. The molecule has 0 bridgehead atoms. The number of carbonyl (C=O) groups is 1. The van der Waals surface area contributed by atoms with Crippen molar-refractivity contribution in [1.82, 2.24) is 9.97 Å². The summed E-state index contributed by atoms with van der Waals surface area (Å²) >= 11 is 7.51. The van der Waals surface area contributed by atoms with E-state index in [9.17, 15) is 4.79 Å². The number of hydrogen-bond donors (Lipinski definition) is 1. The summed E-state index contributed by atoms with van der Waals surface area (Å²) in [7, 11) is 0. The SMILES string of the molecule is Cc1ccc(Cl)cc1NC(=O)Cc1sc(-c2cccnc2)nc1C. The number of hydrogen-bond acceptors (Lipinski definition) is 4. The van der Waals surface area contributed by atoms with Gasteiger partial charge in [-0.1, -0.05) is 17.7 Å². The van der Waals surface area contributed by atoms with E-state index in [2.05, 4.69) is 15.3 Å². The first-order valence-corrected chi connectivity index (χ1v) is 8.65. The van der Waals surface area contributed by atoms with Gasteiger partial charge >= 0.3 is 0 Å². The van der Waals surface area contributed by atoms with E-state index < -0.39 is 0 Å². The summed E-state index contributed by atoms with van der Waals surface area (Å²) < 4.78 is 0. The van der Waals surface area contributed by atoms with Gasteiger partial charge in [-0.05, 0) is 43.7 Å².